The number of guanidine groups is 1. The molecule has 24 heavy (non-hydrogen) atoms. The normalized spacial score (nSPS) is 26.5. The van der Waals surface area contributed by atoms with Crippen LogP contribution in [0.3, 0.4) is 0 Å². The molecule has 1 heterocycles. The van der Waals surface area contributed by atoms with Gasteiger partial charge in [-0.25, -0.2) is 0 Å². The molecule has 0 aromatic rings. The zero-order valence-electron chi connectivity index (χ0n) is 15.8. The third-order valence-corrected chi connectivity index (χ3v) is 5.46. The molecule has 2 aliphatic rings. The first-order valence-corrected chi connectivity index (χ1v) is 9.98. The number of nitrogens with zero attached hydrogens (tertiary/aromatic N) is 2. The Morgan fingerprint density at radius 1 is 1.29 bits per heavy atom. The van der Waals surface area contributed by atoms with Gasteiger partial charge in [-0.05, 0) is 57.8 Å². The molecule has 2 fully saturated rings. The van der Waals surface area contributed by atoms with E-state index in [4.69, 9.17) is 4.99 Å². The smallest absolute Gasteiger partial charge is 0.222 e. The minimum absolute atomic E-state index is 0.326. The van der Waals surface area contributed by atoms with Crippen molar-refractivity contribution in [2.75, 3.05) is 19.6 Å². The van der Waals surface area contributed by atoms with E-state index >= 15 is 0 Å². The molecular formula is C19H36N4O. The highest BCUT2D eigenvalue weighted by molar-refractivity contribution is 5.80. The summed E-state index contributed by atoms with van der Waals surface area (Å²) in [5.74, 6) is 2.14. The first-order chi connectivity index (χ1) is 11.6. The van der Waals surface area contributed by atoms with Crippen LogP contribution in [-0.2, 0) is 4.79 Å². The van der Waals surface area contributed by atoms with Crippen molar-refractivity contribution < 1.29 is 4.79 Å². The van der Waals surface area contributed by atoms with Crippen molar-refractivity contribution in [1.82, 2.24) is 15.5 Å². The predicted molar refractivity (Wildman–Crippen MR) is 100 cm³/mol. The standard InChI is InChI=1S/C19H36N4O/c1-4-17(23-14-6-7-18(23)24)12-13-21-19(20-5-2)22-16-10-8-15(3)9-11-16/h15-17H,4-14H2,1-3H3,(H2,20,21,22). The number of amides is 1. The molecule has 0 aromatic carbocycles. The van der Waals surface area contributed by atoms with Gasteiger partial charge in [0.25, 0.3) is 0 Å². The Morgan fingerprint density at radius 3 is 2.62 bits per heavy atom. The summed E-state index contributed by atoms with van der Waals surface area (Å²) in [6, 6.07) is 0.906. The molecule has 1 unspecified atom stereocenters. The van der Waals surface area contributed by atoms with Gasteiger partial charge >= 0.3 is 0 Å². The fourth-order valence-electron chi connectivity index (χ4n) is 3.88. The summed E-state index contributed by atoms with van der Waals surface area (Å²) in [6.07, 6.45) is 8.83. The lowest BCUT2D eigenvalue weighted by atomic mass is 9.87. The van der Waals surface area contributed by atoms with E-state index in [1.54, 1.807) is 0 Å². The molecule has 1 aliphatic heterocycles. The summed E-state index contributed by atoms with van der Waals surface area (Å²) in [6.45, 7) is 9.22. The van der Waals surface area contributed by atoms with E-state index in [0.717, 1.165) is 57.2 Å². The molecular weight excluding hydrogens is 300 g/mol. The molecule has 1 aliphatic carbocycles. The molecule has 2 rings (SSSR count). The lowest BCUT2D eigenvalue weighted by molar-refractivity contribution is -0.129. The Bertz CT molecular complexity index is 416. The third-order valence-electron chi connectivity index (χ3n) is 5.46. The zero-order chi connectivity index (χ0) is 17.4. The van der Waals surface area contributed by atoms with Crippen LogP contribution in [-0.4, -0.2) is 48.5 Å². The molecule has 1 saturated carbocycles. The van der Waals surface area contributed by atoms with Gasteiger partial charge in [0.15, 0.2) is 5.96 Å². The molecule has 1 amide bonds. The van der Waals surface area contributed by atoms with E-state index in [0.29, 0.717) is 18.0 Å². The van der Waals surface area contributed by atoms with Crippen LogP contribution in [0.15, 0.2) is 4.99 Å². The highest BCUT2D eigenvalue weighted by Gasteiger charge is 2.26. The average molecular weight is 337 g/mol. The van der Waals surface area contributed by atoms with Crippen molar-refractivity contribution in [2.45, 2.75) is 84.2 Å². The quantitative estimate of drug-likeness (QED) is 0.555. The van der Waals surface area contributed by atoms with Crippen LogP contribution in [0.25, 0.3) is 0 Å². The Hall–Kier alpha value is -1.26. The summed E-state index contributed by atoms with van der Waals surface area (Å²) in [5.41, 5.74) is 0. The molecule has 0 aromatic heterocycles. The van der Waals surface area contributed by atoms with E-state index in [-0.39, 0.29) is 0 Å². The van der Waals surface area contributed by atoms with Crippen LogP contribution >= 0.6 is 0 Å². The van der Waals surface area contributed by atoms with Crippen LogP contribution in [0.2, 0.25) is 0 Å². The van der Waals surface area contributed by atoms with Crippen LogP contribution in [0.4, 0.5) is 0 Å². The minimum Gasteiger partial charge on any atom is -0.357 e. The van der Waals surface area contributed by atoms with E-state index in [1.807, 2.05) is 0 Å². The number of hydrogen-bond donors (Lipinski definition) is 2. The van der Waals surface area contributed by atoms with Gasteiger partial charge in [-0.2, -0.15) is 0 Å². The molecule has 2 N–H and O–H groups in total. The van der Waals surface area contributed by atoms with Gasteiger partial charge in [0.1, 0.15) is 0 Å². The Kier molecular flexibility index (Phi) is 7.86. The molecule has 0 bridgehead atoms. The first kappa shape index (κ1) is 19.1. The van der Waals surface area contributed by atoms with Crippen molar-refractivity contribution in [2.24, 2.45) is 10.9 Å². The van der Waals surface area contributed by atoms with Crippen molar-refractivity contribution in [3.05, 3.63) is 0 Å². The van der Waals surface area contributed by atoms with Gasteiger partial charge in [-0.15, -0.1) is 0 Å². The van der Waals surface area contributed by atoms with Crippen LogP contribution in [0.1, 0.15) is 72.1 Å². The Morgan fingerprint density at radius 2 is 2.04 bits per heavy atom. The third kappa shape index (κ3) is 5.67. The van der Waals surface area contributed by atoms with E-state index in [1.165, 1.54) is 25.7 Å². The van der Waals surface area contributed by atoms with Crippen molar-refractivity contribution in [1.29, 1.82) is 0 Å². The Labute approximate surface area is 147 Å². The summed E-state index contributed by atoms with van der Waals surface area (Å²) < 4.78 is 0. The first-order valence-electron chi connectivity index (χ1n) is 9.98. The Balaban J connectivity index is 1.82. The number of aliphatic imine (C=N–C) groups is 1. The van der Waals surface area contributed by atoms with Crippen molar-refractivity contribution in [3.63, 3.8) is 0 Å². The van der Waals surface area contributed by atoms with Gasteiger partial charge in [0, 0.05) is 38.1 Å². The molecule has 5 heteroatoms. The largest absolute Gasteiger partial charge is 0.357 e. The second kappa shape index (κ2) is 9.90. The highest BCUT2D eigenvalue weighted by Crippen LogP contribution is 2.23. The molecule has 1 saturated heterocycles. The number of carbonyl (C=O) groups excluding carboxylic acids is 1. The maximum Gasteiger partial charge on any atom is 0.222 e. The highest BCUT2D eigenvalue weighted by atomic mass is 16.2. The number of likely N-dealkylation sites (tertiary alicyclic amines) is 1. The molecule has 0 radical (unpaired) electrons. The fraction of sp³-hybridized carbons (Fsp3) is 0.895. The summed E-state index contributed by atoms with van der Waals surface area (Å²) in [4.78, 5) is 18.8. The van der Waals surface area contributed by atoms with Crippen molar-refractivity contribution in [3.8, 4) is 0 Å². The SMILES string of the molecule is CCNC(=NCCC(CC)N1CCCC1=O)NC1CCC(C)CC1. The van der Waals surface area contributed by atoms with Crippen LogP contribution in [0.5, 0.6) is 0 Å². The second-order valence-electron chi connectivity index (χ2n) is 7.40. The van der Waals surface area contributed by atoms with Gasteiger partial charge in [-0.3, -0.25) is 9.79 Å². The number of nitrogens with one attached hydrogen (secondary N) is 2. The number of carbonyl (C=O) groups is 1. The topological polar surface area (TPSA) is 56.7 Å². The monoisotopic (exact) mass is 336 g/mol. The summed E-state index contributed by atoms with van der Waals surface area (Å²) >= 11 is 0. The predicted octanol–water partition coefficient (Wildman–Crippen LogP) is 2.91. The zero-order valence-corrected chi connectivity index (χ0v) is 15.8. The lowest BCUT2D eigenvalue weighted by Gasteiger charge is -2.29. The average Bonchev–Trinajstić information content (AvgIpc) is 3.00. The van der Waals surface area contributed by atoms with Gasteiger partial charge in [0.05, 0.1) is 0 Å². The molecule has 138 valence electrons. The number of rotatable bonds is 7. The van der Waals surface area contributed by atoms with Crippen molar-refractivity contribution >= 4 is 11.9 Å². The number of hydrogen-bond acceptors (Lipinski definition) is 2. The maximum absolute atomic E-state index is 11.9. The summed E-state index contributed by atoms with van der Waals surface area (Å²) in [7, 11) is 0. The molecule has 5 nitrogen and oxygen atoms in total. The van der Waals surface area contributed by atoms with Gasteiger partial charge < -0.3 is 15.5 Å². The molecule has 0 spiro atoms. The van der Waals surface area contributed by atoms with Gasteiger partial charge in [-0.1, -0.05) is 13.8 Å². The second-order valence-corrected chi connectivity index (χ2v) is 7.40. The van der Waals surface area contributed by atoms with Crippen LogP contribution in [0, 0.1) is 5.92 Å². The van der Waals surface area contributed by atoms with Crippen LogP contribution < -0.4 is 10.6 Å². The van der Waals surface area contributed by atoms with E-state index < -0.39 is 0 Å². The summed E-state index contributed by atoms with van der Waals surface area (Å²) in [5, 5.41) is 6.98. The maximum atomic E-state index is 11.9. The lowest BCUT2D eigenvalue weighted by Crippen LogP contribution is -2.45. The minimum atomic E-state index is 0.326. The van der Waals surface area contributed by atoms with E-state index in [9.17, 15) is 4.79 Å². The molecule has 1 atom stereocenters. The van der Waals surface area contributed by atoms with E-state index in [2.05, 4.69) is 36.3 Å². The van der Waals surface area contributed by atoms with Gasteiger partial charge in [0.2, 0.25) is 5.91 Å². The fourth-order valence-corrected chi connectivity index (χ4v) is 3.88.